The minimum atomic E-state index is 0.355. The molecule has 3 aromatic rings. The molecular formula is C16H19N7O. The Morgan fingerprint density at radius 1 is 1.29 bits per heavy atom. The smallest absolute Gasteiger partial charge is 0.318 e. The van der Waals surface area contributed by atoms with E-state index in [2.05, 4.69) is 41.8 Å². The molecule has 0 aromatic carbocycles. The second-order valence-electron chi connectivity index (χ2n) is 5.84. The minimum Gasteiger partial charge on any atom is -0.467 e. The second kappa shape index (κ2) is 5.95. The second-order valence-corrected chi connectivity index (χ2v) is 5.84. The van der Waals surface area contributed by atoms with Crippen molar-refractivity contribution in [2.45, 2.75) is 12.5 Å². The van der Waals surface area contributed by atoms with Gasteiger partial charge in [-0.3, -0.25) is 0 Å². The van der Waals surface area contributed by atoms with Crippen LogP contribution in [0, 0.1) is 0 Å². The molecule has 3 aromatic heterocycles. The fourth-order valence-electron chi connectivity index (χ4n) is 3.17. The van der Waals surface area contributed by atoms with Crippen molar-refractivity contribution in [1.29, 1.82) is 0 Å². The van der Waals surface area contributed by atoms with Crippen molar-refractivity contribution in [3.63, 3.8) is 0 Å². The van der Waals surface area contributed by atoms with Crippen molar-refractivity contribution >= 4 is 22.7 Å². The van der Waals surface area contributed by atoms with Gasteiger partial charge in [0.1, 0.15) is 23.6 Å². The normalized spacial score (nSPS) is 17.4. The van der Waals surface area contributed by atoms with E-state index in [-0.39, 0.29) is 0 Å². The van der Waals surface area contributed by atoms with Crippen LogP contribution in [0.2, 0.25) is 0 Å². The molecule has 124 valence electrons. The third-order valence-electron chi connectivity index (χ3n) is 4.51. The van der Waals surface area contributed by atoms with Crippen molar-refractivity contribution in [1.82, 2.24) is 24.9 Å². The van der Waals surface area contributed by atoms with Gasteiger partial charge in [0.15, 0.2) is 0 Å². The molecule has 24 heavy (non-hydrogen) atoms. The molecule has 0 amide bonds. The lowest BCUT2D eigenvalue weighted by atomic mass is 10.2. The topological polar surface area (TPSA) is 83.1 Å². The minimum absolute atomic E-state index is 0.355. The number of H-pyrrole nitrogens is 1. The summed E-state index contributed by atoms with van der Waals surface area (Å²) in [4.78, 5) is 24.9. The Hall–Kier alpha value is -2.90. The highest BCUT2D eigenvalue weighted by Gasteiger charge is 2.28. The number of ether oxygens (including phenoxy) is 1. The highest BCUT2D eigenvalue weighted by molar-refractivity contribution is 5.87. The standard InChI is InChI=1S/C16H19N7O/c1-22(13-4-7-18-16(21-13)24-2)11-5-8-23(9-11)15-12-3-6-17-14(12)19-10-20-15/h3-4,6-7,10-11H,5,8-9H2,1-2H3,(H,17,19,20)/t11-/m1/s1. The van der Waals surface area contributed by atoms with Crippen LogP contribution in [0.25, 0.3) is 11.0 Å². The van der Waals surface area contributed by atoms with Gasteiger partial charge >= 0.3 is 6.01 Å². The summed E-state index contributed by atoms with van der Waals surface area (Å²) in [6.45, 7) is 1.84. The number of nitrogens with one attached hydrogen (secondary N) is 1. The monoisotopic (exact) mass is 325 g/mol. The van der Waals surface area contributed by atoms with E-state index in [1.165, 1.54) is 0 Å². The number of fused-ring (bicyclic) bond motifs is 1. The summed E-state index contributed by atoms with van der Waals surface area (Å²) < 4.78 is 5.12. The van der Waals surface area contributed by atoms with Gasteiger partial charge in [-0.15, -0.1) is 0 Å². The zero-order valence-electron chi connectivity index (χ0n) is 13.7. The molecular weight excluding hydrogens is 306 g/mol. The van der Waals surface area contributed by atoms with Crippen LogP contribution in [-0.4, -0.2) is 58.2 Å². The lowest BCUT2D eigenvalue weighted by Gasteiger charge is -2.26. The third kappa shape index (κ3) is 2.49. The van der Waals surface area contributed by atoms with Crippen LogP contribution in [0.5, 0.6) is 6.01 Å². The summed E-state index contributed by atoms with van der Waals surface area (Å²) in [5.41, 5.74) is 0.873. The van der Waals surface area contributed by atoms with E-state index in [0.717, 1.165) is 42.2 Å². The zero-order chi connectivity index (χ0) is 16.5. The molecule has 0 spiro atoms. The first-order valence-electron chi connectivity index (χ1n) is 7.89. The van der Waals surface area contributed by atoms with E-state index < -0.39 is 0 Å². The molecule has 0 aliphatic carbocycles. The third-order valence-corrected chi connectivity index (χ3v) is 4.51. The van der Waals surface area contributed by atoms with Crippen molar-refractivity contribution in [3.05, 3.63) is 30.9 Å². The average Bonchev–Trinajstić information content (AvgIpc) is 3.30. The summed E-state index contributed by atoms with van der Waals surface area (Å²) >= 11 is 0. The van der Waals surface area contributed by atoms with Gasteiger partial charge in [-0.25, -0.2) is 15.0 Å². The van der Waals surface area contributed by atoms with Gasteiger partial charge in [0.05, 0.1) is 12.5 Å². The van der Waals surface area contributed by atoms with Crippen LogP contribution in [0.15, 0.2) is 30.9 Å². The van der Waals surface area contributed by atoms with Crippen LogP contribution in [0.1, 0.15) is 6.42 Å². The van der Waals surface area contributed by atoms with E-state index in [0.29, 0.717) is 12.1 Å². The van der Waals surface area contributed by atoms with Crippen LogP contribution in [-0.2, 0) is 0 Å². The van der Waals surface area contributed by atoms with E-state index in [9.17, 15) is 0 Å². The van der Waals surface area contributed by atoms with Gasteiger partial charge in [0, 0.05) is 38.6 Å². The molecule has 0 saturated carbocycles. The summed E-state index contributed by atoms with van der Waals surface area (Å²) in [5, 5.41) is 1.06. The van der Waals surface area contributed by atoms with Crippen molar-refractivity contribution < 1.29 is 4.74 Å². The molecule has 8 heteroatoms. The number of likely N-dealkylation sites (N-methyl/N-ethyl adjacent to an activating group) is 1. The van der Waals surface area contributed by atoms with Crippen LogP contribution in [0.3, 0.4) is 0 Å². The van der Waals surface area contributed by atoms with E-state index in [1.807, 2.05) is 18.3 Å². The Kier molecular flexibility index (Phi) is 3.64. The van der Waals surface area contributed by atoms with Gasteiger partial charge in [0.2, 0.25) is 0 Å². The molecule has 0 unspecified atom stereocenters. The number of aromatic nitrogens is 5. The Bertz CT molecular complexity index is 849. The molecule has 0 bridgehead atoms. The fourth-order valence-corrected chi connectivity index (χ4v) is 3.17. The van der Waals surface area contributed by atoms with Crippen LogP contribution in [0.4, 0.5) is 11.6 Å². The first kappa shape index (κ1) is 14.7. The maximum Gasteiger partial charge on any atom is 0.318 e. The molecule has 4 rings (SSSR count). The summed E-state index contributed by atoms with van der Waals surface area (Å²) in [6.07, 6.45) is 6.27. The molecule has 1 N–H and O–H groups in total. The van der Waals surface area contributed by atoms with Gasteiger partial charge in [-0.05, 0) is 18.6 Å². The molecule has 4 heterocycles. The van der Waals surface area contributed by atoms with Crippen molar-refractivity contribution in [2.75, 3.05) is 37.0 Å². The van der Waals surface area contributed by atoms with Crippen LogP contribution < -0.4 is 14.5 Å². The molecule has 1 aliphatic heterocycles. The maximum absolute atomic E-state index is 5.12. The predicted molar refractivity (Wildman–Crippen MR) is 91.5 cm³/mol. The Balaban J connectivity index is 1.54. The van der Waals surface area contributed by atoms with Crippen LogP contribution >= 0.6 is 0 Å². The fraction of sp³-hybridized carbons (Fsp3) is 0.375. The first-order valence-corrected chi connectivity index (χ1v) is 7.89. The molecule has 1 saturated heterocycles. The summed E-state index contributed by atoms with van der Waals surface area (Å²) in [5.74, 6) is 1.85. The Morgan fingerprint density at radius 3 is 3.08 bits per heavy atom. The van der Waals surface area contributed by atoms with Gasteiger partial charge < -0.3 is 19.5 Å². The van der Waals surface area contributed by atoms with Gasteiger partial charge in [-0.1, -0.05) is 0 Å². The lowest BCUT2D eigenvalue weighted by Crippen LogP contribution is -2.35. The quantitative estimate of drug-likeness (QED) is 0.777. The zero-order valence-corrected chi connectivity index (χ0v) is 13.7. The number of anilines is 2. The number of nitrogens with zero attached hydrogens (tertiary/aromatic N) is 6. The largest absolute Gasteiger partial charge is 0.467 e. The summed E-state index contributed by atoms with van der Waals surface area (Å²) in [7, 11) is 3.63. The van der Waals surface area contributed by atoms with E-state index in [4.69, 9.17) is 4.74 Å². The molecule has 1 atom stereocenters. The van der Waals surface area contributed by atoms with E-state index >= 15 is 0 Å². The number of aromatic amines is 1. The van der Waals surface area contributed by atoms with Crippen molar-refractivity contribution in [2.24, 2.45) is 0 Å². The molecule has 1 aliphatic rings. The van der Waals surface area contributed by atoms with Crippen molar-refractivity contribution in [3.8, 4) is 6.01 Å². The SMILES string of the molecule is COc1nccc(N(C)[C@@H]2CCN(c3ncnc4[nH]ccc34)C2)n1. The summed E-state index contributed by atoms with van der Waals surface area (Å²) in [6, 6.07) is 4.67. The lowest BCUT2D eigenvalue weighted by molar-refractivity contribution is 0.379. The predicted octanol–water partition coefficient (Wildman–Crippen LogP) is 1.47. The highest BCUT2D eigenvalue weighted by atomic mass is 16.5. The van der Waals surface area contributed by atoms with Gasteiger partial charge in [-0.2, -0.15) is 4.98 Å². The maximum atomic E-state index is 5.12. The Morgan fingerprint density at radius 2 is 2.21 bits per heavy atom. The number of rotatable bonds is 4. The molecule has 8 nitrogen and oxygen atoms in total. The number of methoxy groups -OCH3 is 1. The van der Waals surface area contributed by atoms with Gasteiger partial charge in [0.25, 0.3) is 0 Å². The molecule has 0 radical (unpaired) electrons. The Labute approximate surface area is 139 Å². The number of hydrogen-bond acceptors (Lipinski definition) is 7. The highest BCUT2D eigenvalue weighted by Crippen LogP contribution is 2.28. The average molecular weight is 325 g/mol. The number of hydrogen-bond donors (Lipinski definition) is 1. The molecule has 1 fully saturated rings. The first-order chi connectivity index (χ1) is 11.8. The van der Waals surface area contributed by atoms with E-state index in [1.54, 1.807) is 19.6 Å².